The smallest absolute Gasteiger partial charge is 0.0219 e. The topological polar surface area (TPSA) is 26.0 Å². The second kappa shape index (κ2) is 4.40. The second-order valence-electron chi connectivity index (χ2n) is 2.92. The van der Waals surface area contributed by atoms with Gasteiger partial charge in [0.05, 0.1) is 0 Å². The van der Waals surface area contributed by atoms with Crippen LogP contribution >= 0.6 is 31.9 Å². The van der Waals surface area contributed by atoms with Crippen LogP contribution in [0.2, 0.25) is 0 Å². The molecule has 0 saturated heterocycles. The van der Waals surface area contributed by atoms with Gasteiger partial charge in [-0.2, -0.15) is 0 Å². The van der Waals surface area contributed by atoms with Crippen molar-refractivity contribution in [2.45, 2.75) is 19.4 Å². The van der Waals surface area contributed by atoms with E-state index in [1.165, 1.54) is 5.56 Å². The zero-order valence-corrected chi connectivity index (χ0v) is 10.0. The van der Waals surface area contributed by atoms with Crippen LogP contribution in [0.3, 0.4) is 0 Å². The lowest BCUT2D eigenvalue weighted by Crippen LogP contribution is -2.17. The van der Waals surface area contributed by atoms with Crippen molar-refractivity contribution in [2.75, 3.05) is 0 Å². The summed E-state index contributed by atoms with van der Waals surface area (Å²) < 4.78 is 2.21. The number of halogens is 2. The van der Waals surface area contributed by atoms with Crippen LogP contribution in [0.25, 0.3) is 0 Å². The van der Waals surface area contributed by atoms with Crippen LogP contribution in [0, 0.1) is 0 Å². The normalized spacial score (nSPS) is 13.0. The molecule has 0 amide bonds. The molecule has 1 rings (SSSR count). The van der Waals surface area contributed by atoms with Gasteiger partial charge in [0.15, 0.2) is 0 Å². The molecule has 1 aromatic carbocycles. The van der Waals surface area contributed by atoms with E-state index < -0.39 is 0 Å². The Morgan fingerprint density at radius 3 is 2.58 bits per heavy atom. The number of nitrogens with two attached hydrogens (primary N) is 1. The van der Waals surface area contributed by atoms with Crippen LogP contribution in [-0.2, 0) is 6.42 Å². The van der Waals surface area contributed by atoms with Crippen molar-refractivity contribution in [1.29, 1.82) is 0 Å². The predicted octanol–water partition coefficient (Wildman–Crippen LogP) is 3.10. The summed E-state index contributed by atoms with van der Waals surface area (Å²) in [6, 6.07) is 6.36. The third-order valence-corrected chi connectivity index (χ3v) is 2.79. The van der Waals surface area contributed by atoms with Gasteiger partial charge in [-0.3, -0.25) is 0 Å². The maximum absolute atomic E-state index is 5.70. The van der Waals surface area contributed by atoms with E-state index in [4.69, 9.17) is 5.73 Å². The minimum Gasteiger partial charge on any atom is -0.328 e. The maximum Gasteiger partial charge on any atom is 0.0219 e. The summed E-state index contributed by atoms with van der Waals surface area (Å²) in [5.41, 5.74) is 6.96. The summed E-state index contributed by atoms with van der Waals surface area (Å²) in [7, 11) is 0. The van der Waals surface area contributed by atoms with Crippen LogP contribution in [-0.4, -0.2) is 6.04 Å². The molecule has 1 aromatic rings. The molecule has 0 radical (unpaired) electrons. The minimum absolute atomic E-state index is 0.211. The predicted molar refractivity (Wildman–Crippen MR) is 59.2 cm³/mol. The highest BCUT2D eigenvalue weighted by Crippen LogP contribution is 2.22. The molecule has 0 heterocycles. The Balaban J connectivity index is 2.86. The van der Waals surface area contributed by atoms with E-state index >= 15 is 0 Å². The molecule has 0 saturated carbocycles. The molecule has 2 N–H and O–H groups in total. The Labute approximate surface area is 89.6 Å². The van der Waals surface area contributed by atoms with Gasteiger partial charge in [0.2, 0.25) is 0 Å². The second-order valence-corrected chi connectivity index (χ2v) is 4.69. The molecular formula is C9H11Br2N. The zero-order valence-electron chi connectivity index (χ0n) is 6.85. The van der Waals surface area contributed by atoms with Crippen molar-refractivity contribution in [2.24, 2.45) is 5.73 Å². The average molecular weight is 293 g/mol. The van der Waals surface area contributed by atoms with Gasteiger partial charge in [0, 0.05) is 15.0 Å². The summed E-state index contributed by atoms with van der Waals surface area (Å²) in [6.07, 6.45) is 0.911. The number of benzene rings is 1. The Morgan fingerprint density at radius 1 is 1.42 bits per heavy atom. The lowest BCUT2D eigenvalue weighted by atomic mass is 10.1. The summed E-state index contributed by atoms with van der Waals surface area (Å²) >= 11 is 6.89. The molecular weight excluding hydrogens is 282 g/mol. The molecule has 3 heteroatoms. The van der Waals surface area contributed by atoms with Crippen LogP contribution in [0.15, 0.2) is 27.1 Å². The van der Waals surface area contributed by atoms with Gasteiger partial charge in [-0.25, -0.2) is 0 Å². The molecule has 1 atom stereocenters. The quantitative estimate of drug-likeness (QED) is 0.891. The first-order chi connectivity index (χ1) is 5.59. The van der Waals surface area contributed by atoms with Gasteiger partial charge in [-0.1, -0.05) is 37.9 Å². The lowest BCUT2D eigenvalue weighted by Gasteiger charge is -2.07. The fraction of sp³-hybridized carbons (Fsp3) is 0.333. The summed E-state index contributed by atoms with van der Waals surface area (Å²) in [4.78, 5) is 0. The monoisotopic (exact) mass is 291 g/mol. The molecule has 0 aliphatic heterocycles. The summed E-state index contributed by atoms with van der Waals surface area (Å²) in [5.74, 6) is 0. The van der Waals surface area contributed by atoms with Crippen molar-refractivity contribution in [3.8, 4) is 0 Å². The molecule has 0 aliphatic carbocycles. The van der Waals surface area contributed by atoms with Crippen molar-refractivity contribution >= 4 is 31.9 Å². The van der Waals surface area contributed by atoms with E-state index in [1.807, 2.05) is 19.1 Å². The first kappa shape index (κ1) is 10.2. The van der Waals surface area contributed by atoms with E-state index in [1.54, 1.807) is 0 Å². The Bertz CT molecular complexity index is 271. The summed E-state index contributed by atoms with van der Waals surface area (Å²) in [6.45, 7) is 2.01. The van der Waals surface area contributed by atoms with Gasteiger partial charge in [0.1, 0.15) is 0 Å². The Kier molecular flexibility index (Phi) is 3.75. The van der Waals surface area contributed by atoms with Gasteiger partial charge < -0.3 is 5.73 Å². The van der Waals surface area contributed by atoms with Gasteiger partial charge in [-0.05, 0) is 31.0 Å². The Hall–Kier alpha value is 0.140. The first-order valence-electron chi connectivity index (χ1n) is 3.79. The molecule has 0 aliphatic rings. The number of hydrogen-bond donors (Lipinski definition) is 1. The fourth-order valence-corrected chi connectivity index (χ4v) is 2.24. The van der Waals surface area contributed by atoms with Gasteiger partial charge >= 0.3 is 0 Å². The standard InChI is InChI=1S/C9H11Br2N/c1-6(12)4-7-2-3-8(10)5-9(7)11/h2-3,5-6H,4,12H2,1H3/t6-/m1/s1. The van der Waals surface area contributed by atoms with Gasteiger partial charge in [-0.15, -0.1) is 0 Å². The summed E-state index contributed by atoms with van der Waals surface area (Å²) in [5, 5.41) is 0. The number of rotatable bonds is 2. The molecule has 1 nitrogen and oxygen atoms in total. The van der Waals surface area contributed by atoms with Crippen molar-refractivity contribution in [1.82, 2.24) is 0 Å². The third-order valence-electron chi connectivity index (χ3n) is 1.56. The molecule has 0 aromatic heterocycles. The average Bonchev–Trinajstić information content (AvgIpc) is 1.94. The van der Waals surface area contributed by atoms with E-state index in [0.717, 1.165) is 15.4 Å². The molecule has 0 bridgehead atoms. The first-order valence-corrected chi connectivity index (χ1v) is 5.37. The molecule has 0 fully saturated rings. The largest absolute Gasteiger partial charge is 0.328 e. The lowest BCUT2D eigenvalue weighted by molar-refractivity contribution is 0.736. The van der Waals surface area contributed by atoms with Crippen molar-refractivity contribution in [3.05, 3.63) is 32.7 Å². The van der Waals surface area contributed by atoms with Crippen molar-refractivity contribution in [3.63, 3.8) is 0 Å². The van der Waals surface area contributed by atoms with E-state index in [0.29, 0.717) is 0 Å². The fourth-order valence-electron chi connectivity index (χ4n) is 1.03. The van der Waals surface area contributed by atoms with Gasteiger partial charge in [0.25, 0.3) is 0 Å². The molecule has 0 spiro atoms. The third kappa shape index (κ3) is 2.88. The van der Waals surface area contributed by atoms with Crippen LogP contribution in [0.1, 0.15) is 12.5 Å². The highest BCUT2D eigenvalue weighted by atomic mass is 79.9. The van der Waals surface area contributed by atoms with Crippen LogP contribution in [0.5, 0.6) is 0 Å². The zero-order chi connectivity index (χ0) is 9.14. The van der Waals surface area contributed by atoms with E-state index in [-0.39, 0.29) is 6.04 Å². The molecule has 0 unspecified atom stereocenters. The van der Waals surface area contributed by atoms with Crippen LogP contribution < -0.4 is 5.73 Å². The maximum atomic E-state index is 5.70. The van der Waals surface area contributed by atoms with Crippen LogP contribution in [0.4, 0.5) is 0 Å². The molecule has 66 valence electrons. The van der Waals surface area contributed by atoms with E-state index in [9.17, 15) is 0 Å². The van der Waals surface area contributed by atoms with E-state index in [2.05, 4.69) is 37.9 Å². The minimum atomic E-state index is 0.211. The van der Waals surface area contributed by atoms with Crippen molar-refractivity contribution < 1.29 is 0 Å². The number of hydrogen-bond acceptors (Lipinski definition) is 1. The highest BCUT2D eigenvalue weighted by Gasteiger charge is 2.02. The Morgan fingerprint density at radius 2 is 2.08 bits per heavy atom. The SMILES string of the molecule is C[C@@H](N)Cc1ccc(Br)cc1Br. The highest BCUT2D eigenvalue weighted by molar-refractivity contribution is 9.11. The molecule has 12 heavy (non-hydrogen) atoms.